The van der Waals surface area contributed by atoms with Gasteiger partial charge in [0, 0.05) is 4.90 Å². The van der Waals surface area contributed by atoms with Gasteiger partial charge in [0.2, 0.25) is 5.91 Å². The molecule has 0 spiro atoms. The zero-order chi connectivity index (χ0) is 18.1. The van der Waals surface area contributed by atoms with E-state index in [1.165, 1.54) is 11.8 Å². The second-order valence-corrected chi connectivity index (χ2v) is 6.64. The van der Waals surface area contributed by atoms with E-state index in [1.54, 1.807) is 14.2 Å². The number of para-hydroxylation sites is 2. The average Bonchev–Trinajstić information content (AvgIpc) is 2.65. The summed E-state index contributed by atoms with van der Waals surface area (Å²) in [6.07, 6.45) is 0. The van der Waals surface area contributed by atoms with E-state index >= 15 is 0 Å². The van der Waals surface area contributed by atoms with E-state index in [9.17, 15) is 4.79 Å². The van der Waals surface area contributed by atoms with Gasteiger partial charge in [-0.15, -0.1) is 11.8 Å². The molecule has 0 radical (unpaired) electrons. The maximum absolute atomic E-state index is 12.2. The van der Waals surface area contributed by atoms with Crippen LogP contribution in [0, 0.1) is 0 Å². The van der Waals surface area contributed by atoms with Gasteiger partial charge in [0.25, 0.3) is 0 Å². The number of hydrogen-bond acceptors (Lipinski definition) is 5. The summed E-state index contributed by atoms with van der Waals surface area (Å²) in [5, 5.41) is 2.69. The summed E-state index contributed by atoms with van der Waals surface area (Å²) in [6, 6.07) is 15.1. The highest BCUT2D eigenvalue weighted by molar-refractivity contribution is 8.00. The number of thioether (sulfide) groups is 1. The molecule has 1 atom stereocenters. The van der Waals surface area contributed by atoms with Crippen LogP contribution in [-0.4, -0.2) is 38.5 Å². The van der Waals surface area contributed by atoms with Crippen LogP contribution in [0.5, 0.6) is 17.2 Å². The Labute approximate surface area is 152 Å². The molecule has 0 saturated carbocycles. The van der Waals surface area contributed by atoms with Crippen LogP contribution < -0.4 is 19.5 Å². The van der Waals surface area contributed by atoms with Crippen LogP contribution in [0.3, 0.4) is 0 Å². The van der Waals surface area contributed by atoms with Gasteiger partial charge >= 0.3 is 0 Å². The summed E-state index contributed by atoms with van der Waals surface area (Å²) in [5.74, 6) is 2.12. The molecule has 0 fully saturated rings. The molecule has 0 aliphatic carbocycles. The second-order valence-electron chi connectivity index (χ2n) is 5.23. The van der Waals surface area contributed by atoms with Gasteiger partial charge in [0.15, 0.2) is 11.5 Å². The lowest BCUT2D eigenvalue weighted by Crippen LogP contribution is -2.33. The van der Waals surface area contributed by atoms with Crippen molar-refractivity contribution in [2.24, 2.45) is 0 Å². The Bertz CT molecular complexity index is 675. The normalized spacial score (nSPS) is 11.5. The molecule has 1 amide bonds. The molecule has 0 heterocycles. The topological polar surface area (TPSA) is 56.8 Å². The standard InChI is InChI=1S/C19H23NO4S/c1-14(25-16-10-8-15(22-2)9-11-16)19(21)20-12-13-24-18-7-5-4-6-17(18)23-3/h4-11,14H,12-13H2,1-3H3,(H,20,21). The zero-order valence-electron chi connectivity index (χ0n) is 14.7. The van der Waals surface area contributed by atoms with E-state index in [-0.39, 0.29) is 11.2 Å². The molecule has 1 N–H and O–H groups in total. The minimum absolute atomic E-state index is 0.0237. The summed E-state index contributed by atoms with van der Waals surface area (Å²) in [6.45, 7) is 2.70. The van der Waals surface area contributed by atoms with E-state index in [1.807, 2.05) is 55.5 Å². The Morgan fingerprint density at radius 2 is 1.72 bits per heavy atom. The summed E-state index contributed by atoms with van der Waals surface area (Å²) < 4.78 is 16.0. The van der Waals surface area contributed by atoms with Crippen LogP contribution >= 0.6 is 11.8 Å². The van der Waals surface area contributed by atoms with Crippen LogP contribution in [0.25, 0.3) is 0 Å². The molecule has 0 bridgehead atoms. The van der Waals surface area contributed by atoms with Crippen molar-refractivity contribution in [3.8, 4) is 17.2 Å². The van der Waals surface area contributed by atoms with Gasteiger partial charge in [0.1, 0.15) is 12.4 Å². The maximum atomic E-state index is 12.2. The van der Waals surface area contributed by atoms with Crippen LogP contribution in [0.1, 0.15) is 6.92 Å². The molecule has 134 valence electrons. The predicted molar refractivity (Wildman–Crippen MR) is 99.8 cm³/mol. The predicted octanol–water partition coefficient (Wildman–Crippen LogP) is 3.38. The fourth-order valence-corrected chi connectivity index (χ4v) is 3.02. The first kappa shape index (κ1) is 19.0. The van der Waals surface area contributed by atoms with Crippen molar-refractivity contribution in [1.82, 2.24) is 5.32 Å². The Balaban J connectivity index is 1.73. The highest BCUT2D eigenvalue weighted by Crippen LogP contribution is 2.26. The zero-order valence-corrected chi connectivity index (χ0v) is 15.5. The summed E-state index contributed by atoms with van der Waals surface area (Å²) in [7, 11) is 3.23. The average molecular weight is 361 g/mol. The SMILES string of the molecule is COc1ccc(SC(C)C(=O)NCCOc2ccccc2OC)cc1. The van der Waals surface area contributed by atoms with E-state index in [0.717, 1.165) is 10.6 Å². The number of benzene rings is 2. The molecule has 2 aromatic rings. The van der Waals surface area contributed by atoms with Crippen molar-refractivity contribution in [2.75, 3.05) is 27.4 Å². The molecular weight excluding hydrogens is 338 g/mol. The third kappa shape index (κ3) is 5.90. The Kier molecular flexibility index (Phi) is 7.47. The molecule has 6 heteroatoms. The lowest BCUT2D eigenvalue weighted by Gasteiger charge is -2.13. The molecule has 5 nitrogen and oxygen atoms in total. The second kappa shape index (κ2) is 9.84. The molecule has 0 saturated heterocycles. The first-order valence-corrected chi connectivity index (χ1v) is 8.86. The number of carbonyl (C=O) groups is 1. The molecule has 1 unspecified atom stereocenters. The van der Waals surface area contributed by atoms with Crippen molar-refractivity contribution in [3.05, 3.63) is 48.5 Å². The van der Waals surface area contributed by atoms with Gasteiger partial charge in [-0.3, -0.25) is 4.79 Å². The number of ether oxygens (including phenoxy) is 3. The number of amides is 1. The van der Waals surface area contributed by atoms with E-state index in [2.05, 4.69) is 5.32 Å². The number of carbonyl (C=O) groups excluding carboxylic acids is 1. The maximum Gasteiger partial charge on any atom is 0.233 e. The number of hydrogen-bond donors (Lipinski definition) is 1. The first-order chi connectivity index (χ1) is 12.1. The Morgan fingerprint density at radius 1 is 1.04 bits per heavy atom. The summed E-state index contributed by atoms with van der Waals surface area (Å²) in [5.41, 5.74) is 0. The minimum atomic E-state index is -0.195. The van der Waals surface area contributed by atoms with Gasteiger partial charge in [-0.25, -0.2) is 0 Å². The van der Waals surface area contributed by atoms with Crippen molar-refractivity contribution in [1.29, 1.82) is 0 Å². The molecule has 0 aromatic heterocycles. The van der Waals surface area contributed by atoms with Crippen LogP contribution in [-0.2, 0) is 4.79 Å². The molecular formula is C19H23NO4S. The molecule has 0 aliphatic heterocycles. The third-order valence-electron chi connectivity index (χ3n) is 3.47. The van der Waals surface area contributed by atoms with Gasteiger partial charge in [-0.05, 0) is 43.3 Å². The van der Waals surface area contributed by atoms with Crippen LogP contribution in [0.2, 0.25) is 0 Å². The van der Waals surface area contributed by atoms with Crippen molar-refractivity contribution in [3.63, 3.8) is 0 Å². The first-order valence-electron chi connectivity index (χ1n) is 7.98. The number of nitrogens with one attached hydrogen (secondary N) is 1. The minimum Gasteiger partial charge on any atom is -0.497 e. The van der Waals surface area contributed by atoms with Crippen molar-refractivity contribution < 1.29 is 19.0 Å². The lowest BCUT2D eigenvalue weighted by molar-refractivity contribution is -0.120. The van der Waals surface area contributed by atoms with Gasteiger partial charge in [-0.2, -0.15) is 0 Å². The molecule has 25 heavy (non-hydrogen) atoms. The van der Waals surface area contributed by atoms with Crippen molar-refractivity contribution >= 4 is 17.7 Å². The summed E-state index contributed by atoms with van der Waals surface area (Å²) in [4.78, 5) is 13.2. The quantitative estimate of drug-likeness (QED) is 0.548. The highest BCUT2D eigenvalue weighted by Gasteiger charge is 2.14. The molecule has 0 aliphatic rings. The van der Waals surface area contributed by atoms with E-state index in [4.69, 9.17) is 14.2 Å². The van der Waals surface area contributed by atoms with Crippen LogP contribution in [0.15, 0.2) is 53.4 Å². The van der Waals surface area contributed by atoms with Gasteiger partial charge < -0.3 is 19.5 Å². The molecule has 2 aromatic carbocycles. The Hall–Kier alpha value is -2.34. The third-order valence-corrected chi connectivity index (χ3v) is 4.58. The van der Waals surface area contributed by atoms with Gasteiger partial charge in [0.05, 0.1) is 26.0 Å². The Morgan fingerprint density at radius 3 is 2.36 bits per heavy atom. The lowest BCUT2D eigenvalue weighted by atomic mass is 10.3. The van der Waals surface area contributed by atoms with Crippen molar-refractivity contribution in [2.45, 2.75) is 17.1 Å². The fraction of sp³-hybridized carbons (Fsp3) is 0.316. The highest BCUT2D eigenvalue weighted by atomic mass is 32.2. The molecule has 2 rings (SSSR count). The fourth-order valence-electron chi connectivity index (χ4n) is 2.13. The monoisotopic (exact) mass is 361 g/mol. The largest absolute Gasteiger partial charge is 0.497 e. The summed E-state index contributed by atoms with van der Waals surface area (Å²) >= 11 is 1.50. The smallest absolute Gasteiger partial charge is 0.233 e. The number of methoxy groups -OCH3 is 2. The van der Waals surface area contributed by atoms with Crippen LogP contribution in [0.4, 0.5) is 0 Å². The van der Waals surface area contributed by atoms with E-state index in [0.29, 0.717) is 24.7 Å². The number of rotatable bonds is 9. The van der Waals surface area contributed by atoms with E-state index < -0.39 is 0 Å². The van der Waals surface area contributed by atoms with Gasteiger partial charge in [-0.1, -0.05) is 12.1 Å².